The summed E-state index contributed by atoms with van der Waals surface area (Å²) in [6, 6.07) is 19.1. The molecule has 32 heavy (non-hydrogen) atoms. The molecule has 166 valence electrons. The van der Waals surface area contributed by atoms with E-state index in [1.165, 1.54) is 12.1 Å². The van der Waals surface area contributed by atoms with Crippen molar-refractivity contribution in [3.8, 4) is 5.75 Å². The summed E-state index contributed by atoms with van der Waals surface area (Å²) in [4.78, 5) is 19.2. The highest BCUT2D eigenvalue weighted by atomic mass is 19.4. The summed E-state index contributed by atoms with van der Waals surface area (Å²) in [5.74, 6) is -0.290. The number of aromatic amines is 1. The molecular formula is C24H22F3N3O2. The molecule has 8 heteroatoms. The third kappa shape index (κ3) is 6.10. The summed E-state index contributed by atoms with van der Waals surface area (Å²) >= 11 is 0. The number of imidazole rings is 1. The molecule has 0 radical (unpaired) electrons. The molecule has 0 atom stereocenters. The van der Waals surface area contributed by atoms with E-state index in [0.29, 0.717) is 11.4 Å². The molecular weight excluding hydrogens is 419 g/mol. The fourth-order valence-corrected chi connectivity index (χ4v) is 2.93. The molecule has 0 fully saturated rings. The van der Waals surface area contributed by atoms with Crippen molar-refractivity contribution in [3.63, 3.8) is 0 Å². The smallest absolute Gasteiger partial charge is 0.417 e. The van der Waals surface area contributed by atoms with Crippen LogP contribution in [0.4, 0.5) is 18.9 Å². The number of carbonyl (C=O) groups is 1. The Balaban J connectivity index is 0.000000264. The first-order chi connectivity index (χ1) is 15.2. The van der Waals surface area contributed by atoms with Gasteiger partial charge in [-0.05, 0) is 50.2 Å². The van der Waals surface area contributed by atoms with Gasteiger partial charge in [-0.2, -0.15) is 13.2 Å². The maximum Gasteiger partial charge on any atom is 0.417 e. The van der Waals surface area contributed by atoms with Crippen molar-refractivity contribution >= 4 is 22.6 Å². The predicted octanol–water partition coefficient (Wildman–Crippen LogP) is 6.31. The van der Waals surface area contributed by atoms with Crippen LogP contribution in [0.5, 0.6) is 5.75 Å². The number of anilines is 1. The molecule has 1 aromatic heterocycles. The number of halogens is 3. The van der Waals surface area contributed by atoms with Gasteiger partial charge < -0.3 is 15.0 Å². The number of fused-ring (bicyclic) bond motifs is 1. The standard InChI is InChI=1S/C17H16F3NO2.C7H6N2/c1-11(2)23-13-7-5-6-12(10-13)21-16(22)14-8-3-4-9-15(14)17(18,19)20;1-2-4-7-6(3-1)8-5-9-7/h3-11H,1-2H3,(H,21,22);1-5H,(H,8,9). The van der Waals surface area contributed by atoms with Gasteiger partial charge in [0.15, 0.2) is 0 Å². The van der Waals surface area contributed by atoms with Crippen LogP contribution >= 0.6 is 0 Å². The van der Waals surface area contributed by atoms with E-state index in [1.54, 1.807) is 30.6 Å². The largest absolute Gasteiger partial charge is 0.491 e. The highest BCUT2D eigenvalue weighted by molar-refractivity contribution is 6.05. The molecule has 0 aliphatic carbocycles. The monoisotopic (exact) mass is 441 g/mol. The summed E-state index contributed by atoms with van der Waals surface area (Å²) in [6.07, 6.45) is -2.94. The van der Waals surface area contributed by atoms with Crippen molar-refractivity contribution in [2.75, 3.05) is 5.32 Å². The highest BCUT2D eigenvalue weighted by Crippen LogP contribution is 2.32. The Kier molecular flexibility index (Phi) is 7.14. The van der Waals surface area contributed by atoms with Crippen LogP contribution in [-0.2, 0) is 6.18 Å². The number of hydrogen-bond acceptors (Lipinski definition) is 3. The SMILES string of the molecule is CC(C)Oc1cccc(NC(=O)c2ccccc2C(F)(F)F)c1.c1ccc2[nH]cnc2c1. The second-order valence-electron chi connectivity index (χ2n) is 7.11. The van der Waals surface area contributed by atoms with E-state index < -0.39 is 23.2 Å². The first kappa shape index (κ1) is 22.9. The fourth-order valence-electron chi connectivity index (χ4n) is 2.93. The van der Waals surface area contributed by atoms with E-state index >= 15 is 0 Å². The lowest BCUT2D eigenvalue weighted by Crippen LogP contribution is -2.18. The van der Waals surface area contributed by atoms with E-state index in [1.807, 2.05) is 38.1 Å². The fraction of sp³-hybridized carbons (Fsp3) is 0.167. The molecule has 2 N–H and O–H groups in total. The van der Waals surface area contributed by atoms with Crippen molar-refractivity contribution in [1.29, 1.82) is 0 Å². The first-order valence-corrected chi connectivity index (χ1v) is 9.86. The van der Waals surface area contributed by atoms with E-state index in [9.17, 15) is 18.0 Å². The topological polar surface area (TPSA) is 67.0 Å². The summed E-state index contributed by atoms with van der Waals surface area (Å²) in [5, 5.41) is 2.47. The number of benzene rings is 3. The number of carbonyl (C=O) groups excluding carboxylic acids is 1. The van der Waals surface area contributed by atoms with Gasteiger partial charge >= 0.3 is 6.18 Å². The Morgan fingerprint density at radius 1 is 1.00 bits per heavy atom. The molecule has 0 unspecified atom stereocenters. The Labute approximate surface area is 183 Å². The maximum atomic E-state index is 13.0. The van der Waals surface area contributed by atoms with Gasteiger partial charge in [-0.15, -0.1) is 0 Å². The number of aromatic nitrogens is 2. The zero-order valence-corrected chi connectivity index (χ0v) is 17.5. The summed E-state index contributed by atoms with van der Waals surface area (Å²) in [6.45, 7) is 3.70. The molecule has 3 aromatic carbocycles. The van der Waals surface area contributed by atoms with Crippen molar-refractivity contribution < 1.29 is 22.7 Å². The minimum atomic E-state index is -4.59. The third-order valence-electron chi connectivity index (χ3n) is 4.27. The van der Waals surface area contributed by atoms with Crippen LogP contribution in [0.15, 0.2) is 79.1 Å². The van der Waals surface area contributed by atoms with Gasteiger partial charge in [-0.1, -0.05) is 30.3 Å². The van der Waals surface area contributed by atoms with Gasteiger partial charge in [0.25, 0.3) is 5.91 Å². The maximum absolute atomic E-state index is 13.0. The number of H-pyrrole nitrogens is 1. The van der Waals surface area contributed by atoms with E-state index in [-0.39, 0.29) is 6.10 Å². The number of nitrogens with one attached hydrogen (secondary N) is 2. The van der Waals surface area contributed by atoms with Crippen molar-refractivity contribution in [2.45, 2.75) is 26.1 Å². The zero-order valence-electron chi connectivity index (χ0n) is 17.5. The van der Waals surface area contributed by atoms with Gasteiger partial charge in [0.2, 0.25) is 0 Å². The molecule has 4 aromatic rings. The van der Waals surface area contributed by atoms with Gasteiger partial charge in [0, 0.05) is 11.8 Å². The first-order valence-electron chi connectivity index (χ1n) is 9.86. The van der Waals surface area contributed by atoms with E-state index in [4.69, 9.17) is 4.74 Å². The number of ether oxygens (including phenoxy) is 1. The van der Waals surface area contributed by atoms with Crippen LogP contribution in [0.1, 0.15) is 29.8 Å². The predicted molar refractivity (Wildman–Crippen MR) is 118 cm³/mol. The van der Waals surface area contributed by atoms with E-state index in [2.05, 4.69) is 15.3 Å². The minimum Gasteiger partial charge on any atom is -0.491 e. The summed E-state index contributed by atoms with van der Waals surface area (Å²) in [5.41, 5.74) is 1.10. The van der Waals surface area contributed by atoms with Crippen LogP contribution in [0.2, 0.25) is 0 Å². The molecule has 0 aliphatic rings. The lowest BCUT2D eigenvalue weighted by molar-refractivity contribution is -0.137. The lowest BCUT2D eigenvalue weighted by atomic mass is 10.1. The van der Waals surface area contributed by atoms with Crippen LogP contribution in [-0.4, -0.2) is 22.0 Å². The van der Waals surface area contributed by atoms with Crippen LogP contribution in [0.3, 0.4) is 0 Å². The molecule has 0 aliphatic heterocycles. The quantitative estimate of drug-likeness (QED) is 0.390. The normalized spacial score (nSPS) is 11.1. The molecule has 0 spiro atoms. The Hall–Kier alpha value is -3.81. The molecule has 0 bridgehead atoms. The summed E-state index contributed by atoms with van der Waals surface area (Å²) < 4.78 is 44.4. The van der Waals surface area contributed by atoms with E-state index in [0.717, 1.165) is 23.2 Å². The number of amides is 1. The number of alkyl halides is 3. The number of hydrogen-bond donors (Lipinski definition) is 2. The van der Waals surface area contributed by atoms with Crippen LogP contribution in [0, 0.1) is 0 Å². The Morgan fingerprint density at radius 3 is 2.44 bits per heavy atom. The molecule has 1 heterocycles. The second-order valence-corrected chi connectivity index (χ2v) is 7.11. The minimum absolute atomic E-state index is 0.0492. The average Bonchev–Trinajstić information content (AvgIpc) is 3.22. The molecule has 5 nitrogen and oxygen atoms in total. The van der Waals surface area contributed by atoms with Gasteiger partial charge in [0.05, 0.1) is 34.6 Å². The van der Waals surface area contributed by atoms with Gasteiger partial charge in [-0.25, -0.2) is 4.98 Å². The van der Waals surface area contributed by atoms with Crippen molar-refractivity contribution in [1.82, 2.24) is 9.97 Å². The molecule has 4 rings (SSSR count). The van der Waals surface area contributed by atoms with Crippen molar-refractivity contribution in [3.05, 3.63) is 90.3 Å². The number of nitrogens with zero attached hydrogens (tertiary/aromatic N) is 1. The Bertz CT molecular complexity index is 1160. The third-order valence-corrected chi connectivity index (χ3v) is 4.27. The summed E-state index contributed by atoms with van der Waals surface area (Å²) in [7, 11) is 0. The van der Waals surface area contributed by atoms with Crippen LogP contribution in [0.25, 0.3) is 11.0 Å². The lowest BCUT2D eigenvalue weighted by Gasteiger charge is -2.14. The average molecular weight is 441 g/mol. The molecule has 1 amide bonds. The zero-order chi connectivity index (χ0) is 23.1. The Morgan fingerprint density at radius 2 is 1.72 bits per heavy atom. The second kappa shape index (κ2) is 10.00. The number of para-hydroxylation sites is 2. The number of rotatable bonds is 4. The van der Waals surface area contributed by atoms with Gasteiger partial charge in [0.1, 0.15) is 5.75 Å². The van der Waals surface area contributed by atoms with Gasteiger partial charge in [-0.3, -0.25) is 4.79 Å². The highest BCUT2D eigenvalue weighted by Gasteiger charge is 2.34. The molecule has 0 saturated heterocycles. The molecule has 0 saturated carbocycles. The van der Waals surface area contributed by atoms with Crippen LogP contribution < -0.4 is 10.1 Å². The van der Waals surface area contributed by atoms with Crippen molar-refractivity contribution in [2.24, 2.45) is 0 Å².